The number of hydrogen-bond acceptors (Lipinski definition) is 7. The molecule has 0 aliphatic rings. The Morgan fingerprint density at radius 1 is 1.19 bits per heavy atom. The number of para-hydroxylation sites is 1. The Morgan fingerprint density at radius 2 is 2.00 bits per heavy atom. The summed E-state index contributed by atoms with van der Waals surface area (Å²) >= 11 is 4.69. The largest absolute Gasteiger partial charge is 0.288 e. The van der Waals surface area contributed by atoms with E-state index in [1.54, 1.807) is 33.9 Å². The number of carbonyl (C=O) groups excluding carboxylic acids is 1. The van der Waals surface area contributed by atoms with Crippen LogP contribution in [-0.4, -0.2) is 33.2 Å². The fourth-order valence-corrected chi connectivity index (χ4v) is 5.90. The molecule has 4 aromatic rings. The number of aryl methyl sites for hydroxylation is 2. The molecule has 0 radical (unpaired) electrons. The van der Waals surface area contributed by atoms with Gasteiger partial charge in [-0.15, -0.1) is 11.3 Å². The van der Waals surface area contributed by atoms with Crippen LogP contribution < -0.4 is 4.90 Å². The van der Waals surface area contributed by atoms with Gasteiger partial charge in [0, 0.05) is 16.8 Å². The van der Waals surface area contributed by atoms with E-state index in [0.29, 0.717) is 12.3 Å². The lowest BCUT2D eigenvalue weighted by Gasteiger charge is -2.17. The number of nitrogens with zero attached hydrogens (tertiary/aromatic N) is 4. The minimum atomic E-state index is 0.0397. The SMILES string of the molecule is CCN(C(=O)CSc1ncnc2sc(C)c(C)c12)c1nc2ccccc2s1. The lowest BCUT2D eigenvalue weighted by atomic mass is 10.2. The number of benzene rings is 1. The second kappa shape index (κ2) is 7.53. The number of anilines is 1. The van der Waals surface area contributed by atoms with Gasteiger partial charge in [-0.25, -0.2) is 15.0 Å². The third kappa shape index (κ3) is 3.44. The van der Waals surface area contributed by atoms with Crippen molar-refractivity contribution in [3.63, 3.8) is 0 Å². The number of rotatable bonds is 5. The predicted octanol–water partition coefficient (Wildman–Crippen LogP) is 5.06. The van der Waals surface area contributed by atoms with E-state index >= 15 is 0 Å². The molecule has 0 N–H and O–H groups in total. The highest BCUT2D eigenvalue weighted by Crippen LogP contribution is 2.35. The van der Waals surface area contributed by atoms with Crippen LogP contribution in [0.2, 0.25) is 0 Å². The molecule has 0 aliphatic carbocycles. The molecule has 3 heterocycles. The topological polar surface area (TPSA) is 59.0 Å². The van der Waals surface area contributed by atoms with E-state index in [2.05, 4.69) is 28.8 Å². The molecule has 0 bridgehead atoms. The van der Waals surface area contributed by atoms with Gasteiger partial charge in [-0.05, 0) is 38.5 Å². The number of fused-ring (bicyclic) bond motifs is 2. The first-order valence-electron chi connectivity index (χ1n) is 8.58. The van der Waals surface area contributed by atoms with Gasteiger partial charge in [0.2, 0.25) is 5.91 Å². The van der Waals surface area contributed by atoms with E-state index in [9.17, 15) is 4.79 Å². The first-order valence-corrected chi connectivity index (χ1v) is 11.2. The van der Waals surface area contributed by atoms with Crippen LogP contribution in [0.4, 0.5) is 5.13 Å². The Hall–Kier alpha value is -2.03. The zero-order chi connectivity index (χ0) is 19.0. The van der Waals surface area contributed by atoms with Crippen LogP contribution in [-0.2, 0) is 4.79 Å². The third-order valence-corrected chi connectivity index (χ3v) is 7.54. The molecular formula is C19H18N4OS3. The first-order chi connectivity index (χ1) is 13.1. The quantitative estimate of drug-likeness (QED) is 0.337. The second-order valence-corrected chi connectivity index (χ2v) is 9.21. The number of thiophene rings is 1. The minimum absolute atomic E-state index is 0.0397. The maximum Gasteiger partial charge on any atom is 0.239 e. The number of hydrogen-bond donors (Lipinski definition) is 0. The maximum absolute atomic E-state index is 12.9. The standard InChI is InChI=1S/C19H18N4OS3/c1-4-23(19-22-13-7-5-6-8-14(13)27-19)15(24)9-25-17-16-11(2)12(3)26-18(16)21-10-20-17/h5-8,10H,4,9H2,1-3H3. The van der Waals surface area contributed by atoms with E-state index < -0.39 is 0 Å². The molecular weight excluding hydrogens is 396 g/mol. The van der Waals surface area contributed by atoms with Crippen molar-refractivity contribution in [2.45, 2.75) is 25.8 Å². The maximum atomic E-state index is 12.9. The second-order valence-electron chi connectivity index (χ2n) is 6.03. The van der Waals surface area contributed by atoms with Crippen LogP contribution in [0, 0.1) is 13.8 Å². The van der Waals surface area contributed by atoms with E-state index in [1.807, 2.05) is 31.2 Å². The summed E-state index contributed by atoms with van der Waals surface area (Å²) in [6.07, 6.45) is 1.58. The molecule has 0 spiro atoms. The Kier molecular flexibility index (Phi) is 5.12. The van der Waals surface area contributed by atoms with Gasteiger partial charge in [0.25, 0.3) is 0 Å². The van der Waals surface area contributed by atoms with Gasteiger partial charge in [0.1, 0.15) is 16.2 Å². The Morgan fingerprint density at radius 3 is 2.78 bits per heavy atom. The predicted molar refractivity (Wildman–Crippen MR) is 115 cm³/mol. The molecule has 0 saturated heterocycles. The Balaban J connectivity index is 1.56. The zero-order valence-corrected chi connectivity index (χ0v) is 17.7. The molecule has 1 aromatic carbocycles. The molecule has 8 heteroatoms. The average Bonchev–Trinajstić information content (AvgIpc) is 3.22. The van der Waals surface area contributed by atoms with Gasteiger partial charge < -0.3 is 0 Å². The van der Waals surface area contributed by atoms with Gasteiger partial charge in [-0.3, -0.25) is 9.69 Å². The van der Waals surface area contributed by atoms with Crippen LogP contribution >= 0.6 is 34.4 Å². The van der Waals surface area contributed by atoms with Gasteiger partial charge in [-0.1, -0.05) is 35.2 Å². The molecule has 0 atom stereocenters. The van der Waals surface area contributed by atoms with Crippen molar-refractivity contribution < 1.29 is 4.79 Å². The van der Waals surface area contributed by atoms with Crippen LogP contribution in [0.25, 0.3) is 20.4 Å². The summed E-state index contributed by atoms with van der Waals surface area (Å²) in [5.74, 6) is 0.363. The minimum Gasteiger partial charge on any atom is -0.288 e. The molecule has 0 fully saturated rings. The van der Waals surface area contributed by atoms with Gasteiger partial charge in [0.05, 0.1) is 16.0 Å². The van der Waals surface area contributed by atoms with Crippen molar-refractivity contribution >= 4 is 65.9 Å². The molecule has 138 valence electrons. The van der Waals surface area contributed by atoms with Crippen LogP contribution in [0.5, 0.6) is 0 Å². The summed E-state index contributed by atoms with van der Waals surface area (Å²) in [6.45, 7) is 6.75. The highest BCUT2D eigenvalue weighted by Gasteiger charge is 2.20. The summed E-state index contributed by atoms with van der Waals surface area (Å²) in [5, 5.41) is 2.69. The third-order valence-electron chi connectivity index (χ3n) is 4.39. The van der Waals surface area contributed by atoms with Crippen molar-refractivity contribution in [3.05, 3.63) is 41.0 Å². The van der Waals surface area contributed by atoms with E-state index in [-0.39, 0.29) is 5.91 Å². The molecule has 1 amide bonds. The molecule has 0 aliphatic heterocycles. The van der Waals surface area contributed by atoms with Crippen molar-refractivity contribution in [1.29, 1.82) is 0 Å². The van der Waals surface area contributed by atoms with Crippen molar-refractivity contribution in [1.82, 2.24) is 15.0 Å². The van der Waals surface area contributed by atoms with Gasteiger partial charge in [-0.2, -0.15) is 0 Å². The fourth-order valence-electron chi connectivity index (χ4n) is 2.86. The number of aromatic nitrogens is 3. The Bertz CT molecular complexity index is 1100. The zero-order valence-electron chi connectivity index (χ0n) is 15.2. The van der Waals surface area contributed by atoms with Crippen LogP contribution in [0.15, 0.2) is 35.6 Å². The van der Waals surface area contributed by atoms with Gasteiger partial charge in [0.15, 0.2) is 5.13 Å². The lowest BCUT2D eigenvalue weighted by Crippen LogP contribution is -2.32. The number of thiazole rings is 1. The normalized spacial score (nSPS) is 11.4. The summed E-state index contributed by atoms with van der Waals surface area (Å²) in [7, 11) is 0. The van der Waals surface area contributed by atoms with E-state index in [1.165, 1.54) is 22.2 Å². The lowest BCUT2D eigenvalue weighted by molar-refractivity contribution is -0.116. The molecule has 3 aromatic heterocycles. The van der Waals surface area contributed by atoms with Gasteiger partial charge >= 0.3 is 0 Å². The molecule has 27 heavy (non-hydrogen) atoms. The monoisotopic (exact) mass is 414 g/mol. The van der Waals surface area contributed by atoms with E-state index in [0.717, 1.165) is 30.6 Å². The highest BCUT2D eigenvalue weighted by atomic mass is 32.2. The van der Waals surface area contributed by atoms with Crippen molar-refractivity contribution in [3.8, 4) is 0 Å². The Labute approximate surface area is 169 Å². The van der Waals surface area contributed by atoms with Crippen LogP contribution in [0.3, 0.4) is 0 Å². The number of thioether (sulfide) groups is 1. The van der Waals surface area contributed by atoms with E-state index in [4.69, 9.17) is 0 Å². The summed E-state index contributed by atoms with van der Waals surface area (Å²) in [5.41, 5.74) is 2.13. The summed E-state index contributed by atoms with van der Waals surface area (Å²) in [4.78, 5) is 30.3. The van der Waals surface area contributed by atoms with Crippen molar-refractivity contribution in [2.75, 3.05) is 17.2 Å². The smallest absolute Gasteiger partial charge is 0.239 e. The molecule has 0 unspecified atom stereocenters. The molecule has 5 nitrogen and oxygen atoms in total. The van der Waals surface area contributed by atoms with Crippen LogP contribution in [0.1, 0.15) is 17.4 Å². The average molecular weight is 415 g/mol. The highest BCUT2D eigenvalue weighted by molar-refractivity contribution is 8.00. The van der Waals surface area contributed by atoms with Crippen molar-refractivity contribution in [2.24, 2.45) is 0 Å². The first kappa shape index (κ1) is 18.3. The molecule has 4 rings (SSSR count). The summed E-state index contributed by atoms with van der Waals surface area (Å²) < 4.78 is 1.09. The number of amides is 1. The molecule has 0 saturated carbocycles. The summed E-state index contributed by atoms with van der Waals surface area (Å²) in [6, 6.07) is 7.96. The fraction of sp³-hybridized carbons (Fsp3) is 0.263. The number of carbonyl (C=O) groups is 1.